The van der Waals surface area contributed by atoms with Gasteiger partial charge in [-0.05, 0) is 30.3 Å². The van der Waals surface area contributed by atoms with Gasteiger partial charge in [0.05, 0.1) is 16.4 Å². The van der Waals surface area contributed by atoms with Gasteiger partial charge in [-0.1, -0.05) is 23.7 Å². The van der Waals surface area contributed by atoms with Crippen LogP contribution in [0.4, 0.5) is 0 Å². The number of pyridine rings is 1. The lowest BCUT2D eigenvalue weighted by Crippen LogP contribution is -2.08. The maximum absolute atomic E-state index is 11.4. The largest absolute Gasteiger partial charge is 0.477 e. The van der Waals surface area contributed by atoms with Gasteiger partial charge in [-0.3, -0.25) is 4.98 Å². The number of hydrogen-bond donors (Lipinski definition) is 1. The lowest BCUT2D eigenvalue weighted by atomic mass is 10.2. The molecule has 0 radical (unpaired) electrons. The number of aromatic carboxylic acids is 1. The SMILES string of the molecule is O=C(O)c1cc(-c2ccncc2)nn1-c1ccccc1Cl. The maximum Gasteiger partial charge on any atom is 0.354 e. The van der Waals surface area contributed by atoms with Gasteiger partial charge in [-0.15, -0.1) is 0 Å². The Kier molecular flexibility index (Phi) is 3.41. The molecule has 0 aliphatic carbocycles. The number of carbonyl (C=O) groups is 1. The van der Waals surface area contributed by atoms with E-state index in [9.17, 15) is 9.90 Å². The van der Waals surface area contributed by atoms with E-state index in [2.05, 4.69) is 10.1 Å². The van der Waals surface area contributed by atoms with Gasteiger partial charge < -0.3 is 5.11 Å². The molecule has 0 fully saturated rings. The minimum absolute atomic E-state index is 0.0508. The fourth-order valence-electron chi connectivity index (χ4n) is 2.00. The predicted octanol–water partition coefficient (Wildman–Crippen LogP) is 3.29. The number of benzene rings is 1. The van der Waals surface area contributed by atoms with Crippen molar-refractivity contribution in [3.05, 3.63) is 65.6 Å². The van der Waals surface area contributed by atoms with E-state index in [1.165, 1.54) is 10.7 Å². The topological polar surface area (TPSA) is 68.0 Å². The minimum atomic E-state index is -1.07. The van der Waals surface area contributed by atoms with Crippen LogP contribution in [0.3, 0.4) is 0 Å². The Bertz CT molecular complexity index is 800. The van der Waals surface area contributed by atoms with Gasteiger partial charge in [-0.2, -0.15) is 5.10 Å². The van der Waals surface area contributed by atoms with Crippen LogP contribution < -0.4 is 0 Å². The molecule has 0 spiro atoms. The summed E-state index contributed by atoms with van der Waals surface area (Å²) in [7, 11) is 0. The van der Waals surface area contributed by atoms with Crippen molar-refractivity contribution >= 4 is 17.6 Å². The molecule has 3 rings (SSSR count). The van der Waals surface area contributed by atoms with Crippen molar-refractivity contribution in [1.82, 2.24) is 14.8 Å². The second-order valence-electron chi connectivity index (χ2n) is 4.32. The molecule has 0 unspecified atom stereocenters. The standard InChI is InChI=1S/C15H10ClN3O2/c16-11-3-1-2-4-13(11)19-14(15(20)21)9-12(18-19)10-5-7-17-8-6-10/h1-9H,(H,20,21). The molecular weight excluding hydrogens is 290 g/mol. The summed E-state index contributed by atoms with van der Waals surface area (Å²) < 4.78 is 1.33. The maximum atomic E-state index is 11.4. The molecule has 0 amide bonds. The third-order valence-electron chi connectivity index (χ3n) is 2.99. The number of halogens is 1. The Labute approximate surface area is 125 Å². The van der Waals surface area contributed by atoms with Gasteiger partial charge in [0.1, 0.15) is 0 Å². The summed E-state index contributed by atoms with van der Waals surface area (Å²) in [4.78, 5) is 15.4. The first-order valence-electron chi connectivity index (χ1n) is 6.15. The first-order chi connectivity index (χ1) is 10.2. The summed E-state index contributed by atoms with van der Waals surface area (Å²) in [6.45, 7) is 0. The van der Waals surface area contributed by atoms with Crippen LogP contribution in [0.1, 0.15) is 10.5 Å². The van der Waals surface area contributed by atoms with E-state index >= 15 is 0 Å². The Hall–Kier alpha value is -2.66. The zero-order valence-electron chi connectivity index (χ0n) is 10.8. The molecule has 0 atom stereocenters. The Balaban J connectivity index is 2.19. The number of carboxylic acid groups (broad SMARTS) is 1. The monoisotopic (exact) mass is 299 g/mol. The highest BCUT2D eigenvalue weighted by atomic mass is 35.5. The van der Waals surface area contributed by atoms with Crippen LogP contribution in [0.25, 0.3) is 16.9 Å². The molecule has 1 aromatic carbocycles. The average Bonchev–Trinajstić information content (AvgIpc) is 2.94. The first kappa shape index (κ1) is 13.3. The Morgan fingerprint density at radius 2 is 1.86 bits per heavy atom. The molecule has 104 valence electrons. The number of hydrogen-bond acceptors (Lipinski definition) is 3. The minimum Gasteiger partial charge on any atom is -0.477 e. The van der Waals surface area contributed by atoms with Crippen LogP contribution in [-0.4, -0.2) is 25.8 Å². The van der Waals surface area contributed by atoms with Gasteiger partial charge >= 0.3 is 5.97 Å². The molecule has 0 aliphatic heterocycles. The average molecular weight is 300 g/mol. The highest BCUT2D eigenvalue weighted by Crippen LogP contribution is 2.25. The molecule has 1 N–H and O–H groups in total. The second kappa shape index (κ2) is 5.38. The molecular formula is C15H10ClN3O2. The van der Waals surface area contributed by atoms with Crippen LogP contribution in [-0.2, 0) is 0 Å². The molecule has 21 heavy (non-hydrogen) atoms. The fourth-order valence-corrected chi connectivity index (χ4v) is 2.22. The lowest BCUT2D eigenvalue weighted by molar-refractivity contribution is 0.0687. The quantitative estimate of drug-likeness (QED) is 0.806. The molecule has 0 aliphatic rings. The summed E-state index contributed by atoms with van der Waals surface area (Å²) in [6.07, 6.45) is 3.26. The van der Waals surface area contributed by atoms with E-state index in [1.54, 1.807) is 48.8 Å². The highest BCUT2D eigenvalue weighted by molar-refractivity contribution is 6.32. The number of nitrogens with zero attached hydrogens (tertiary/aromatic N) is 3. The number of carboxylic acids is 1. The van der Waals surface area contributed by atoms with Crippen molar-refractivity contribution in [2.24, 2.45) is 0 Å². The lowest BCUT2D eigenvalue weighted by Gasteiger charge is -2.06. The summed E-state index contributed by atoms with van der Waals surface area (Å²) >= 11 is 6.13. The van der Waals surface area contributed by atoms with E-state index in [0.29, 0.717) is 16.4 Å². The fraction of sp³-hybridized carbons (Fsp3) is 0. The van der Waals surface area contributed by atoms with E-state index < -0.39 is 5.97 Å². The van der Waals surface area contributed by atoms with E-state index in [1.807, 2.05) is 0 Å². The van der Waals surface area contributed by atoms with E-state index in [4.69, 9.17) is 11.6 Å². The molecule has 3 aromatic rings. The summed E-state index contributed by atoms with van der Waals surface area (Å²) in [5.41, 5.74) is 1.92. The molecule has 2 heterocycles. The second-order valence-corrected chi connectivity index (χ2v) is 4.73. The van der Waals surface area contributed by atoms with Crippen molar-refractivity contribution < 1.29 is 9.90 Å². The third-order valence-corrected chi connectivity index (χ3v) is 3.30. The van der Waals surface area contributed by atoms with Crippen LogP contribution in [0.15, 0.2) is 54.9 Å². The Morgan fingerprint density at radius 3 is 2.52 bits per heavy atom. The van der Waals surface area contributed by atoms with E-state index in [-0.39, 0.29) is 5.69 Å². The van der Waals surface area contributed by atoms with E-state index in [0.717, 1.165) is 5.56 Å². The first-order valence-corrected chi connectivity index (χ1v) is 6.53. The van der Waals surface area contributed by atoms with Crippen LogP contribution >= 0.6 is 11.6 Å². The smallest absolute Gasteiger partial charge is 0.354 e. The van der Waals surface area contributed by atoms with Crippen molar-refractivity contribution in [1.29, 1.82) is 0 Å². The molecule has 0 saturated carbocycles. The molecule has 5 nitrogen and oxygen atoms in total. The van der Waals surface area contributed by atoms with Gasteiger partial charge in [0.15, 0.2) is 5.69 Å². The van der Waals surface area contributed by atoms with Crippen molar-refractivity contribution in [3.8, 4) is 16.9 Å². The van der Waals surface area contributed by atoms with Crippen molar-refractivity contribution in [2.75, 3.05) is 0 Å². The Morgan fingerprint density at radius 1 is 1.14 bits per heavy atom. The van der Waals surface area contributed by atoms with Gasteiger partial charge in [-0.25, -0.2) is 9.48 Å². The van der Waals surface area contributed by atoms with Gasteiger partial charge in [0, 0.05) is 18.0 Å². The van der Waals surface area contributed by atoms with Crippen molar-refractivity contribution in [3.63, 3.8) is 0 Å². The molecule has 0 bridgehead atoms. The summed E-state index contributed by atoms with van der Waals surface area (Å²) in [6, 6.07) is 12.0. The highest BCUT2D eigenvalue weighted by Gasteiger charge is 2.17. The summed E-state index contributed by atoms with van der Waals surface area (Å²) in [5, 5.41) is 14.2. The predicted molar refractivity (Wildman–Crippen MR) is 78.8 cm³/mol. The zero-order chi connectivity index (χ0) is 14.8. The van der Waals surface area contributed by atoms with Crippen molar-refractivity contribution in [2.45, 2.75) is 0 Å². The number of rotatable bonds is 3. The molecule has 2 aromatic heterocycles. The van der Waals surface area contributed by atoms with Crippen LogP contribution in [0, 0.1) is 0 Å². The van der Waals surface area contributed by atoms with Crippen LogP contribution in [0.5, 0.6) is 0 Å². The normalized spacial score (nSPS) is 10.5. The van der Waals surface area contributed by atoms with Crippen LogP contribution in [0.2, 0.25) is 5.02 Å². The zero-order valence-corrected chi connectivity index (χ0v) is 11.5. The summed E-state index contributed by atoms with van der Waals surface area (Å²) in [5.74, 6) is -1.07. The molecule has 0 saturated heterocycles. The van der Waals surface area contributed by atoms with Gasteiger partial charge in [0.25, 0.3) is 0 Å². The number of aromatic nitrogens is 3. The van der Waals surface area contributed by atoms with Gasteiger partial charge in [0.2, 0.25) is 0 Å². The third kappa shape index (κ3) is 2.51. The molecule has 6 heteroatoms. The number of para-hydroxylation sites is 1.